The van der Waals surface area contributed by atoms with Crippen LogP contribution in [0.1, 0.15) is 0 Å². The van der Waals surface area contributed by atoms with Gasteiger partial charge in [0.2, 0.25) is 5.95 Å². The van der Waals surface area contributed by atoms with Gasteiger partial charge in [0.25, 0.3) is 0 Å². The molecule has 1 unspecified atom stereocenters. The van der Waals surface area contributed by atoms with E-state index in [1.54, 1.807) is 12.4 Å². The van der Waals surface area contributed by atoms with E-state index in [1.807, 2.05) is 37.4 Å². The van der Waals surface area contributed by atoms with Crippen LogP contribution in [-0.4, -0.2) is 73.3 Å². The van der Waals surface area contributed by atoms with Crippen LogP contribution in [0.5, 0.6) is 11.5 Å². The normalized spacial score (nSPS) is 19.7. The lowest BCUT2D eigenvalue weighted by Gasteiger charge is -2.37. The van der Waals surface area contributed by atoms with E-state index in [1.165, 1.54) is 0 Å². The van der Waals surface area contributed by atoms with Gasteiger partial charge in [-0.3, -0.25) is 4.99 Å². The highest BCUT2D eigenvalue weighted by Crippen LogP contribution is 2.30. The molecular weight excluding hydrogens is 344 g/mol. The number of rotatable bonds is 3. The van der Waals surface area contributed by atoms with Gasteiger partial charge in [-0.05, 0) is 18.2 Å². The second-order valence-corrected chi connectivity index (χ2v) is 6.45. The molecule has 8 nitrogen and oxygen atoms in total. The van der Waals surface area contributed by atoms with Crippen molar-refractivity contribution in [2.24, 2.45) is 4.99 Å². The van der Waals surface area contributed by atoms with Gasteiger partial charge < -0.3 is 24.6 Å². The maximum Gasteiger partial charge on any atom is 0.225 e. The summed E-state index contributed by atoms with van der Waals surface area (Å²) in [7, 11) is 1.81. The molecule has 0 spiro atoms. The van der Waals surface area contributed by atoms with Crippen molar-refractivity contribution in [2.75, 3.05) is 51.3 Å². The molecule has 2 aromatic rings. The van der Waals surface area contributed by atoms with Gasteiger partial charge >= 0.3 is 0 Å². The van der Waals surface area contributed by atoms with E-state index < -0.39 is 0 Å². The molecule has 0 aliphatic carbocycles. The van der Waals surface area contributed by atoms with Crippen LogP contribution in [0.4, 0.5) is 5.95 Å². The van der Waals surface area contributed by atoms with Gasteiger partial charge in [-0.25, -0.2) is 9.97 Å². The molecule has 1 aromatic heterocycles. The van der Waals surface area contributed by atoms with Crippen LogP contribution in [0.2, 0.25) is 0 Å². The minimum Gasteiger partial charge on any atom is -0.486 e. The van der Waals surface area contributed by atoms with E-state index in [2.05, 4.69) is 30.1 Å². The Kier molecular flexibility index (Phi) is 5.22. The molecule has 0 radical (unpaired) electrons. The first-order valence-corrected chi connectivity index (χ1v) is 9.19. The molecule has 1 saturated heterocycles. The fraction of sp³-hybridized carbons (Fsp3) is 0.421. The van der Waals surface area contributed by atoms with Gasteiger partial charge in [-0.15, -0.1) is 0 Å². The van der Waals surface area contributed by atoms with Crippen LogP contribution in [-0.2, 0) is 0 Å². The quantitative estimate of drug-likeness (QED) is 0.640. The highest BCUT2D eigenvalue weighted by molar-refractivity contribution is 5.80. The summed E-state index contributed by atoms with van der Waals surface area (Å²) in [6, 6.07) is 9.59. The first-order valence-electron chi connectivity index (χ1n) is 9.19. The Balaban J connectivity index is 1.28. The summed E-state index contributed by atoms with van der Waals surface area (Å²) in [5.74, 6) is 3.26. The molecule has 0 bridgehead atoms. The number of ether oxygens (including phenoxy) is 2. The molecule has 4 rings (SSSR count). The van der Waals surface area contributed by atoms with Crippen molar-refractivity contribution in [1.82, 2.24) is 20.2 Å². The predicted octanol–water partition coefficient (Wildman–Crippen LogP) is 1.01. The summed E-state index contributed by atoms with van der Waals surface area (Å²) in [5.41, 5.74) is 0. The molecule has 3 heterocycles. The summed E-state index contributed by atoms with van der Waals surface area (Å²) in [4.78, 5) is 17.5. The van der Waals surface area contributed by atoms with Crippen molar-refractivity contribution in [3.63, 3.8) is 0 Å². The monoisotopic (exact) mass is 368 g/mol. The van der Waals surface area contributed by atoms with Crippen molar-refractivity contribution in [1.29, 1.82) is 0 Å². The van der Waals surface area contributed by atoms with Crippen molar-refractivity contribution < 1.29 is 9.47 Å². The maximum atomic E-state index is 6.00. The molecule has 0 amide bonds. The van der Waals surface area contributed by atoms with Crippen molar-refractivity contribution in [3.8, 4) is 11.5 Å². The fourth-order valence-corrected chi connectivity index (χ4v) is 3.27. The lowest BCUT2D eigenvalue weighted by molar-refractivity contribution is 0.0930. The van der Waals surface area contributed by atoms with Crippen molar-refractivity contribution in [3.05, 3.63) is 42.7 Å². The highest BCUT2D eigenvalue weighted by atomic mass is 16.6. The molecule has 2 aliphatic heterocycles. The SMILES string of the molecule is CN=C(NCC1COc2ccccc2O1)N1CCN(c2ncccn2)CC1. The summed E-state index contributed by atoms with van der Waals surface area (Å²) in [6.07, 6.45) is 3.51. The summed E-state index contributed by atoms with van der Waals surface area (Å²) >= 11 is 0. The van der Waals surface area contributed by atoms with E-state index >= 15 is 0 Å². The van der Waals surface area contributed by atoms with Gasteiger partial charge in [0.05, 0.1) is 6.54 Å². The average molecular weight is 368 g/mol. The Morgan fingerprint density at radius 3 is 2.59 bits per heavy atom. The molecular formula is C19H24N6O2. The molecule has 27 heavy (non-hydrogen) atoms. The molecule has 1 fully saturated rings. The Bertz CT molecular complexity index is 777. The number of aliphatic imine (C=N–C) groups is 1. The first-order chi connectivity index (χ1) is 13.3. The number of piperazine rings is 1. The maximum absolute atomic E-state index is 6.00. The molecule has 1 N–H and O–H groups in total. The van der Waals surface area contributed by atoms with E-state index in [0.29, 0.717) is 13.2 Å². The van der Waals surface area contributed by atoms with Gasteiger partial charge in [0, 0.05) is 45.6 Å². The van der Waals surface area contributed by atoms with Gasteiger partial charge in [-0.1, -0.05) is 12.1 Å². The molecule has 2 aliphatic rings. The Hall–Kier alpha value is -3.03. The third-order valence-corrected chi connectivity index (χ3v) is 4.68. The Morgan fingerprint density at radius 1 is 1.11 bits per heavy atom. The number of para-hydroxylation sites is 2. The standard InChI is InChI=1S/C19H24N6O2/c1-20-18(23-13-15-14-26-16-5-2-3-6-17(16)27-15)24-9-11-25(12-10-24)19-21-7-4-8-22-19/h2-8,15H,9-14H2,1H3,(H,20,23). The number of hydrogen-bond acceptors (Lipinski definition) is 6. The lowest BCUT2D eigenvalue weighted by atomic mass is 10.2. The number of fused-ring (bicyclic) bond motifs is 1. The zero-order chi connectivity index (χ0) is 18.5. The predicted molar refractivity (Wildman–Crippen MR) is 104 cm³/mol. The summed E-state index contributed by atoms with van der Waals surface area (Å²) in [6.45, 7) is 4.62. The van der Waals surface area contributed by atoms with E-state index in [0.717, 1.165) is 49.6 Å². The second kappa shape index (κ2) is 8.11. The number of nitrogens with one attached hydrogen (secondary N) is 1. The smallest absolute Gasteiger partial charge is 0.225 e. The Morgan fingerprint density at radius 2 is 1.85 bits per heavy atom. The number of benzene rings is 1. The minimum atomic E-state index is -0.0457. The fourth-order valence-electron chi connectivity index (χ4n) is 3.27. The number of nitrogens with zero attached hydrogens (tertiary/aromatic N) is 5. The first kappa shape index (κ1) is 17.4. The minimum absolute atomic E-state index is 0.0457. The van der Waals surface area contributed by atoms with Crippen molar-refractivity contribution in [2.45, 2.75) is 6.10 Å². The largest absolute Gasteiger partial charge is 0.486 e. The second-order valence-electron chi connectivity index (χ2n) is 6.45. The molecule has 142 valence electrons. The van der Waals surface area contributed by atoms with Crippen LogP contribution in [0, 0.1) is 0 Å². The third kappa shape index (κ3) is 4.05. The Labute approximate surface area is 158 Å². The number of anilines is 1. The zero-order valence-corrected chi connectivity index (χ0v) is 15.4. The van der Waals surface area contributed by atoms with Crippen LogP contribution in [0.15, 0.2) is 47.7 Å². The van der Waals surface area contributed by atoms with E-state index in [4.69, 9.17) is 9.47 Å². The molecule has 1 atom stereocenters. The van der Waals surface area contributed by atoms with Crippen LogP contribution in [0.25, 0.3) is 0 Å². The zero-order valence-electron chi connectivity index (χ0n) is 15.4. The van der Waals surface area contributed by atoms with Crippen LogP contribution in [0.3, 0.4) is 0 Å². The molecule has 0 saturated carbocycles. The van der Waals surface area contributed by atoms with Gasteiger partial charge in [-0.2, -0.15) is 0 Å². The summed E-state index contributed by atoms with van der Waals surface area (Å²) in [5, 5.41) is 3.42. The topological polar surface area (TPSA) is 75.1 Å². The highest BCUT2D eigenvalue weighted by Gasteiger charge is 2.24. The average Bonchev–Trinajstić information content (AvgIpc) is 2.75. The molecule has 1 aromatic carbocycles. The summed E-state index contributed by atoms with van der Waals surface area (Å²) < 4.78 is 11.8. The van der Waals surface area contributed by atoms with Gasteiger partial charge in [0.1, 0.15) is 12.7 Å². The van der Waals surface area contributed by atoms with Crippen LogP contribution < -0.4 is 19.7 Å². The third-order valence-electron chi connectivity index (χ3n) is 4.68. The van der Waals surface area contributed by atoms with Gasteiger partial charge in [0.15, 0.2) is 17.5 Å². The van der Waals surface area contributed by atoms with E-state index in [-0.39, 0.29) is 6.10 Å². The molecule has 8 heteroatoms. The van der Waals surface area contributed by atoms with E-state index in [9.17, 15) is 0 Å². The number of hydrogen-bond donors (Lipinski definition) is 1. The lowest BCUT2D eigenvalue weighted by Crippen LogP contribution is -2.54. The van der Waals surface area contributed by atoms with Crippen molar-refractivity contribution >= 4 is 11.9 Å². The van der Waals surface area contributed by atoms with Crippen LogP contribution >= 0.6 is 0 Å². The number of aromatic nitrogens is 2. The number of guanidine groups is 1.